The van der Waals surface area contributed by atoms with Gasteiger partial charge >= 0.3 is 0 Å². The van der Waals surface area contributed by atoms with Crippen LogP contribution in [0.15, 0.2) is 83.3 Å². The van der Waals surface area contributed by atoms with E-state index in [0.717, 1.165) is 22.3 Å². The minimum atomic E-state index is -0.217. The lowest BCUT2D eigenvalue weighted by Gasteiger charge is -2.07. The highest BCUT2D eigenvalue weighted by Crippen LogP contribution is 2.28. The van der Waals surface area contributed by atoms with Crippen molar-refractivity contribution in [2.75, 3.05) is 10.6 Å². The third-order valence-electron chi connectivity index (χ3n) is 4.32. The second-order valence-electron chi connectivity index (χ2n) is 6.44. The van der Waals surface area contributed by atoms with E-state index in [0.29, 0.717) is 16.9 Å². The van der Waals surface area contributed by atoms with Gasteiger partial charge in [0.2, 0.25) is 5.91 Å². The number of benzene rings is 3. The molecule has 0 aliphatic heterocycles. The Morgan fingerprint density at radius 2 is 1.43 bits per heavy atom. The Bertz CT molecular complexity index is 1110. The van der Waals surface area contributed by atoms with Gasteiger partial charge in [0.05, 0.1) is 0 Å². The summed E-state index contributed by atoms with van der Waals surface area (Å²) in [5, 5.41) is 6.59. The van der Waals surface area contributed by atoms with E-state index in [9.17, 15) is 9.59 Å². The van der Waals surface area contributed by atoms with Gasteiger partial charge in [0.25, 0.3) is 5.91 Å². The molecule has 0 aliphatic rings. The first-order chi connectivity index (χ1) is 13.6. The molecule has 0 bridgehead atoms. The first-order valence-corrected chi connectivity index (χ1v) is 8.86. The molecule has 0 unspecified atom stereocenters. The van der Waals surface area contributed by atoms with Crippen molar-refractivity contribution in [3.05, 3.63) is 84.4 Å². The lowest BCUT2D eigenvalue weighted by atomic mass is 10.1. The van der Waals surface area contributed by atoms with E-state index in [4.69, 9.17) is 4.42 Å². The molecule has 4 rings (SSSR count). The van der Waals surface area contributed by atoms with E-state index in [1.54, 1.807) is 24.3 Å². The maximum Gasteiger partial charge on any atom is 0.255 e. The van der Waals surface area contributed by atoms with Gasteiger partial charge in [-0.3, -0.25) is 9.59 Å². The third kappa shape index (κ3) is 3.78. The standard InChI is InChI=1S/C23H18N2O3/c1-15(26)24-19-12-8-17(9-13-19)23(27)25-20-10-6-16(7-11-20)22-14-18-4-2-3-5-21(18)28-22/h2-14H,1H3,(H,24,26)(H,25,27). The van der Waals surface area contributed by atoms with Crippen molar-refractivity contribution in [2.24, 2.45) is 0 Å². The van der Waals surface area contributed by atoms with Gasteiger partial charge in [0.15, 0.2) is 0 Å². The normalized spacial score (nSPS) is 10.6. The van der Waals surface area contributed by atoms with E-state index >= 15 is 0 Å². The smallest absolute Gasteiger partial charge is 0.255 e. The van der Waals surface area contributed by atoms with Gasteiger partial charge in [0.1, 0.15) is 11.3 Å². The van der Waals surface area contributed by atoms with Gasteiger partial charge in [-0.2, -0.15) is 0 Å². The lowest BCUT2D eigenvalue weighted by Crippen LogP contribution is -2.12. The molecule has 5 heteroatoms. The number of carbonyl (C=O) groups is 2. The van der Waals surface area contributed by atoms with Gasteiger partial charge in [-0.15, -0.1) is 0 Å². The quantitative estimate of drug-likeness (QED) is 0.511. The minimum absolute atomic E-state index is 0.151. The van der Waals surface area contributed by atoms with Crippen molar-refractivity contribution in [3.63, 3.8) is 0 Å². The van der Waals surface area contributed by atoms with Crippen LogP contribution in [-0.2, 0) is 4.79 Å². The second kappa shape index (κ2) is 7.40. The molecule has 0 aliphatic carbocycles. The Balaban J connectivity index is 1.46. The van der Waals surface area contributed by atoms with E-state index in [1.165, 1.54) is 6.92 Å². The first kappa shape index (κ1) is 17.5. The van der Waals surface area contributed by atoms with Crippen LogP contribution in [0.5, 0.6) is 0 Å². The van der Waals surface area contributed by atoms with Crippen LogP contribution in [-0.4, -0.2) is 11.8 Å². The first-order valence-electron chi connectivity index (χ1n) is 8.86. The van der Waals surface area contributed by atoms with Crippen molar-refractivity contribution in [1.82, 2.24) is 0 Å². The number of hydrogen-bond donors (Lipinski definition) is 2. The van der Waals surface area contributed by atoms with Crippen molar-refractivity contribution in [3.8, 4) is 11.3 Å². The Morgan fingerprint density at radius 3 is 2.11 bits per heavy atom. The van der Waals surface area contributed by atoms with E-state index in [-0.39, 0.29) is 11.8 Å². The molecule has 1 heterocycles. The zero-order valence-electron chi connectivity index (χ0n) is 15.2. The van der Waals surface area contributed by atoms with Crippen LogP contribution < -0.4 is 10.6 Å². The Kier molecular flexibility index (Phi) is 4.64. The molecule has 0 spiro atoms. The zero-order valence-corrected chi connectivity index (χ0v) is 15.2. The number of carbonyl (C=O) groups excluding carboxylic acids is 2. The molecule has 2 amide bonds. The summed E-state index contributed by atoms with van der Waals surface area (Å²) >= 11 is 0. The molecule has 0 fully saturated rings. The highest BCUT2D eigenvalue weighted by atomic mass is 16.3. The minimum Gasteiger partial charge on any atom is -0.456 e. The number of hydrogen-bond acceptors (Lipinski definition) is 3. The second-order valence-corrected chi connectivity index (χ2v) is 6.44. The largest absolute Gasteiger partial charge is 0.456 e. The molecule has 0 saturated carbocycles. The molecular weight excluding hydrogens is 352 g/mol. The molecule has 5 nitrogen and oxygen atoms in total. The number of nitrogens with one attached hydrogen (secondary N) is 2. The molecule has 2 N–H and O–H groups in total. The molecule has 138 valence electrons. The topological polar surface area (TPSA) is 71.3 Å². The van der Waals surface area contributed by atoms with Gasteiger partial charge in [-0.25, -0.2) is 0 Å². The van der Waals surface area contributed by atoms with Gasteiger partial charge in [0, 0.05) is 34.8 Å². The third-order valence-corrected chi connectivity index (χ3v) is 4.32. The molecule has 1 aromatic heterocycles. The van der Waals surface area contributed by atoms with Gasteiger partial charge in [-0.1, -0.05) is 18.2 Å². The number of para-hydroxylation sites is 1. The highest BCUT2D eigenvalue weighted by Gasteiger charge is 2.09. The Hall–Kier alpha value is -3.86. The predicted molar refractivity (Wildman–Crippen MR) is 110 cm³/mol. The van der Waals surface area contributed by atoms with Crippen molar-refractivity contribution < 1.29 is 14.0 Å². The Labute approximate surface area is 162 Å². The summed E-state index contributed by atoms with van der Waals surface area (Å²) < 4.78 is 5.87. The van der Waals surface area contributed by atoms with E-state index < -0.39 is 0 Å². The highest BCUT2D eigenvalue weighted by molar-refractivity contribution is 6.04. The summed E-state index contributed by atoms with van der Waals surface area (Å²) in [5.41, 5.74) is 3.64. The van der Waals surface area contributed by atoms with Crippen molar-refractivity contribution in [1.29, 1.82) is 0 Å². The fourth-order valence-corrected chi connectivity index (χ4v) is 2.95. The number of amides is 2. The fourth-order valence-electron chi connectivity index (χ4n) is 2.95. The van der Waals surface area contributed by atoms with Crippen LogP contribution in [0.2, 0.25) is 0 Å². The summed E-state index contributed by atoms with van der Waals surface area (Å²) in [7, 11) is 0. The molecule has 28 heavy (non-hydrogen) atoms. The molecular formula is C23H18N2O3. The zero-order chi connectivity index (χ0) is 19.5. The molecule has 0 radical (unpaired) electrons. The van der Waals surface area contributed by atoms with E-state index in [1.807, 2.05) is 54.6 Å². The maximum absolute atomic E-state index is 12.4. The van der Waals surface area contributed by atoms with Crippen LogP contribution in [0, 0.1) is 0 Å². The maximum atomic E-state index is 12.4. The fraction of sp³-hybridized carbons (Fsp3) is 0.0435. The average Bonchev–Trinajstić information content (AvgIpc) is 3.13. The van der Waals surface area contributed by atoms with Crippen molar-refractivity contribution >= 4 is 34.2 Å². The van der Waals surface area contributed by atoms with Gasteiger partial charge in [-0.05, 0) is 60.7 Å². The molecule has 0 atom stereocenters. The molecule has 4 aromatic rings. The predicted octanol–water partition coefficient (Wildman–Crippen LogP) is 5.31. The average molecular weight is 370 g/mol. The van der Waals surface area contributed by atoms with Crippen LogP contribution in [0.1, 0.15) is 17.3 Å². The number of furan rings is 1. The van der Waals surface area contributed by atoms with Crippen molar-refractivity contribution in [2.45, 2.75) is 6.92 Å². The summed E-state index contributed by atoms with van der Waals surface area (Å²) in [5.74, 6) is 0.417. The monoisotopic (exact) mass is 370 g/mol. The van der Waals surface area contributed by atoms with Crippen LogP contribution in [0.25, 0.3) is 22.3 Å². The Morgan fingerprint density at radius 1 is 0.786 bits per heavy atom. The van der Waals surface area contributed by atoms with Gasteiger partial charge < -0.3 is 15.1 Å². The molecule has 3 aromatic carbocycles. The summed E-state index contributed by atoms with van der Waals surface area (Å²) in [4.78, 5) is 23.5. The van der Waals surface area contributed by atoms with E-state index in [2.05, 4.69) is 10.6 Å². The summed E-state index contributed by atoms with van der Waals surface area (Å²) in [6, 6.07) is 24.1. The van der Waals surface area contributed by atoms with Crippen LogP contribution in [0.4, 0.5) is 11.4 Å². The summed E-state index contributed by atoms with van der Waals surface area (Å²) in [6.07, 6.45) is 0. The van der Waals surface area contributed by atoms with Crippen LogP contribution in [0.3, 0.4) is 0 Å². The number of rotatable bonds is 4. The van der Waals surface area contributed by atoms with Crippen LogP contribution >= 0.6 is 0 Å². The summed E-state index contributed by atoms with van der Waals surface area (Å²) in [6.45, 7) is 1.44. The number of anilines is 2. The SMILES string of the molecule is CC(=O)Nc1ccc(C(=O)Nc2ccc(-c3cc4ccccc4o3)cc2)cc1. The number of fused-ring (bicyclic) bond motifs is 1. The lowest BCUT2D eigenvalue weighted by molar-refractivity contribution is -0.114. The molecule has 0 saturated heterocycles.